The van der Waals surface area contributed by atoms with Gasteiger partial charge in [0.05, 0.1) is 6.04 Å². The highest BCUT2D eigenvalue weighted by Crippen LogP contribution is 2.17. The van der Waals surface area contributed by atoms with Crippen molar-refractivity contribution in [1.29, 1.82) is 0 Å². The molecule has 0 spiro atoms. The average molecular weight is 226 g/mol. The molecule has 16 heavy (non-hydrogen) atoms. The standard InChI is InChI=1S/C11H22N4O/c1-13-4-2-10(11(13)16)15-8-6-14(5-3-12)7-9-15/h10H,2-9,12H2,1H3. The van der Waals surface area contributed by atoms with Gasteiger partial charge < -0.3 is 10.6 Å². The number of carbonyl (C=O) groups excluding carboxylic acids is 1. The lowest BCUT2D eigenvalue weighted by molar-refractivity contribution is -0.131. The van der Waals surface area contributed by atoms with Crippen molar-refractivity contribution in [2.24, 2.45) is 5.73 Å². The normalized spacial score (nSPS) is 29.0. The number of carbonyl (C=O) groups is 1. The Hall–Kier alpha value is -0.650. The van der Waals surface area contributed by atoms with Crippen molar-refractivity contribution >= 4 is 5.91 Å². The number of likely N-dealkylation sites (tertiary alicyclic amines) is 1. The van der Waals surface area contributed by atoms with Crippen molar-refractivity contribution in [3.05, 3.63) is 0 Å². The molecular weight excluding hydrogens is 204 g/mol. The molecule has 0 aromatic heterocycles. The molecular formula is C11H22N4O. The maximum atomic E-state index is 11.9. The molecule has 5 heteroatoms. The molecule has 2 heterocycles. The van der Waals surface area contributed by atoms with Gasteiger partial charge in [0, 0.05) is 52.9 Å². The Bertz CT molecular complexity index is 250. The van der Waals surface area contributed by atoms with Gasteiger partial charge >= 0.3 is 0 Å². The van der Waals surface area contributed by atoms with Gasteiger partial charge in [0.25, 0.3) is 0 Å². The lowest BCUT2D eigenvalue weighted by Gasteiger charge is -2.36. The van der Waals surface area contributed by atoms with E-state index < -0.39 is 0 Å². The van der Waals surface area contributed by atoms with Crippen molar-refractivity contribution in [3.8, 4) is 0 Å². The average Bonchev–Trinajstić information content (AvgIpc) is 2.62. The molecule has 2 N–H and O–H groups in total. The Kier molecular flexibility index (Phi) is 3.78. The van der Waals surface area contributed by atoms with Crippen LogP contribution in [-0.2, 0) is 4.79 Å². The van der Waals surface area contributed by atoms with E-state index in [1.165, 1.54) is 0 Å². The molecule has 0 aromatic rings. The van der Waals surface area contributed by atoms with Gasteiger partial charge in [0.1, 0.15) is 0 Å². The van der Waals surface area contributed by atoms with Crippen LogP contribution in [0, 0.1) is 0 Å². The Labute approximate surface area is 97.2 Å². The molecule has 0 aromatic carbocycles. The van der Waals surface area contributed by atoms with E-state index in [2.05, 4.69) is 9.80 Å². The molecule has 2 rings (SSSR count). The number of amides is 1. The van der Waals surface area contributed by atoms with E-state index in [-0.39, 0.29) is 6.04 Å². The number of likely N-dealkylation sites (N-methyl/N-ethyl adjacent to an activating group) is 1. The minimum absolute atomic E-state index is 0.144. The van der Waals surface area contributed by atoms with E-state index in [4.69, 9.17) is 5.73 Å². The van der Waals surface area contributed by atoms with Gasteiger partial charge in [0.2, 0.25) is 5.91 Å². The van der Waals surface area contributed by atoms with Crippen LogP contribution in [0.25, 0.3) is 0 Å². The van der Waals surface area contributed by atoms with Gasteiger partial charge in [0.15, 0.2) is 0 Å². The van der Waals surface area contributed by atoms with Crippen molar-refractivity contribution < 1.29 is 4.79 Å². The molecule has 1 atom stereocenters. The Morgan fingerprint density at radius 2 is 1.94 bits per heavy atom. The van der Waals surface area contributed by atoms with Gasteiger partial charge in [-0.05, 0) is 6.42 Å². The maximum absolute atomic E-state index is 11.9. The summed E-state index contributed by atoms with van der Waals surface area (Å²) in [6.45, 7) is 6.72. The molecule has 0 radical (unpaired) electrons. The second-order valence-electron chi connectivity index (χ2n) is 4.73. The fraction of sp³-hybridized carbons (Fsp3) is 0.909. The molecule has 2 saturated heterocycles. The predicted octanol–water partition coefficient (Wildman–Crippen LogP) is -1.21. The van der Waals surface area contributed by atoms with E-state index in [1.54, 1.807) is 0 Å². The fourth-order valence-electron chi connectivity index (χ4n) is 2.62. The van der Waals surface area contributed by atoms with Crippen molar-refractivity contribution in [1.82, 2.24) is 14.7 Å². The van der Waals surface area contributed by atoms with Gasteiger partial charge in [-0.3, -0.25) is 14.6 Å². The first kappa shape index (κ1) is 11.8. The van der Waals surface area contributed by atoms with Crippen LogP contribution in [0.4, 0.5) is 0 Å². The summed E-state index contributed by atoms with van der Waals surface area (Å²) >= 11 is 0. The van der Waals surface area contributed by atoms with Crippen LogP contribution in [0.15, 0.2) is 0 Å². The third-order valence-electron chi connectivity index (χ3n) is 3.69. The third-order valence-corrected chi connectivity index (χ3v) is 3.69. The third kappa shape index (κ3) is 2.36. The molecule has 2 fully saturated rings. The summed E-state index contributed by atoms with van der Waals surface area (Å²) < 4.78 is 0. The summed E-state index contributed by atoms with van der Waals surface area (Å²) in [6.07, 6.45) is 0.992. The first-order chi connectivity index (χ1) is 7.72. The number of rotatable bonds is 3. The summed E-state index contributed by atoms with van der Waals surface area (Å²) in [5.41, 5.74) is 5.54. The highest BCUT2D eigenvalue weighted by Gasteiger charge is 2.35. The fourth-order valence-corrected chi connectivity index (χ4v) is 2.62. The summed E-state index contributed by atoms with van der Waals surface area (Å²) in [5.74, 6) is 0.298. The number of hydrogen-bond acceptors (Lipinski definition) is 4. The molecule has 0 aliphatic carbocycles. The summed E-state index contributed by atoms with van der Waals surface area (Å²) in [6, 6.07) is 0.144. The highest BCUT2D eigenvalue weighted by atomic mass is 16.2. The molecule has 1 amide bonds. The number of nitrogens with zero attached hydrogens (tertiary/aromatic N) is 3. The van der Waals surface area contributed by atoms with Crippen LogP contribution < -0.4 is 5.73 Å². The lowest BCUT2D eigenvalue weighted by atomic mass is 10.2. The van der Waals surface area contributed by atoms with E-state index in [9.17, 15) is 4.79 Å². The Morgan fingerprint density at radius 1 is 1.25 bits per heavy atom. The smallest absolute Gasteiger partial charge is 0.239 e. The number of hydrogen-bond donors (Lipinski definition) is 1. The molecule has 2 aliphatic rings. The molecule has 0 saturated carbocycles. The van der Waals surface area contributed by atoms with Crippen LogP contribution in [0.1, 0.15) is 6.42 Å². The minimum atomic E-state index is 0.144. The monoisotopic (exact) mass is 226 g/mol. The summed E-state index contributed by atoms with van der Waals surface area (Å²) in [7, 11) is 1.90. The second-order valence-corrected chi connectivity index (χ2v) is 4.73. The lowest BCUT2D eigenvalue weighted by Crippen LogP contribution is -2.53. The quantitative estimate of drug-likeness (QED) is 0.656. The van der Waals surface area contributed by atoms with Crippen LogP contribution in [0.3, 0.4) is 0 Å². The first-order valence-corrected chi connectivity index (χ1v) is 6.14. The van der Waals surface area contributed by atoms with E-state index >= 15 is 0 Å². The second kappa shape index (κ2) is 5.12. The minimum Gasteiger partial charge on any atom is -0.344 e. The van der Waals surface area contributed by atoms with Crippen LogP contribution in [0.2, 0.25) is 0 Å². The highest BCUT2D eigenvalue weighted by molar-refractivity contribution is 5.83. The van der Waals surface area contributed by atoms with Crippen LogP contribution in [0.5, 0.6) is 0 Å². The van der Waals surface area contributed by atoms with Crippen molar-refractivity contribution in [2.75, 3.05) is 52.9 Å². The predicted molar refractivity (Wildman–Crippen MR) is 63.1 cm³/mol. The maximum Gasteiger partial charge on any atom is 0.239 e. The van der Waals surface area contributed by atoms with E-state index in [0.29, 0.717) is 5.91 Å². The number of piperazine rings is 1. The van der Waals surface area contributed by atoms with E-state index in [1.807, 2.05) is 11.9 Å². The molecule has 92 valence electrons. The van der Waals surface area contributed by atoms with Crippen LogP contribution >= 0.6 is 0 Å². The topological polar surface area (TPSA) is 52.8 Å². The Morgan fingerprint density at radius 3 is 2.44 bits per heavy atom. The molecule has 5 nitrogen and oxygen atoms in total. The largest absolute Gasteiger partial charge is 0.344 e. The SMILES string of the molecule is CN1CCC(N2CCN(CCN)CC2)C1=O. The zero-order valence-electron chi connectivity index (χ0n) is 10.1. The van der Waals surface area contributed by atoms with Crippen LogP contribution in [-0.4, -0.2) is 79.5 Å². The Balaban J connectivity index is 1.83. The summed E-state index contributed by atoms with van der Waals surface area (Å²) in [4.78, 5) is 18.4. The van der Waals surface area contributed by atoms with Gasteiger partial charge in [-0.25, -0.2) is 0 Å². The summed E-state index contributed by atoms with van der Waals surface area (Å²) in [5, 5.41) is 0. The van der Waals surface area contributed by atoms with E-state index in [0.717, 1.165) is 52.2 Å². The van der Waals surface area contributed by atoms with Gasteiger partial charge in [-0.2, -0.15) is 0 Å². The molecule has 1 unspecified atom stereocenters. The first-order valence-electron chi connectivity index (χ1n) is 6.14. The number of nitrogens with two attached hydrogens (primary N) is 1. The zero-order valence-corrected chi connectivity index (χ0v) is 10.1. The molecule has 0 bridgehead atoms. The van der Waals surface area contributed by atoms with Gasteiger partial charge in [-0.15, -0.1) is 0 Å². The van der Waals surface area contributed by atoms with Gasteiger partial charge in [-0.1, -0.05) is 0 Å². The molecule has 2 aliphatic heterocycles. The zero-order chi connectivity index (χ0) is 11.5. The van der Waals surface area contributed by atoms with Crippen molar-refractivity contribution in [3.63, 3.8) is 0 Å². The van der Waals surface area contributed by atoms with Crippen molar-refractivity contribution in [2.45, 2.75) is 12.5 Å².